The van der Waals surface area contributed by atoms with Crippen molar-refractivity contribution < 1.29 is 9.18 Å². The maximum Gasteiger partial charge on any atom is 0.233 e. The van der Waals surface area contributed by atoms with E-state index in [-0.39, 0.29) is 11.7 Å². The van der Waals surface area contributed by atoms with Crippen molar-refractivity contribution in [2.24, 2.45) is 5.92 Å². The van der Waals surface area contributed by atoms with E-state index < -0.39 is 0 Å². The van der Waals surface area contributed by atoms with Crippen molar-refractivity contribution in [3.05, 3.63) is 59.9 Å². The summed E-state index contributed by atoms with van der Waals surface area (Å²) in [5.74, 6) is 1.03. The van der Waals surface area contributed by atoms with E-state index in [4.69, 9.17) is 4.98 Å². The molecule has 2 heterocycles. The van der Waals surface area contributed by atoms with Crippen LogP contribution in [0, 0.1) is 11.7 Å². The van der Waals surface area contributed by atoms with Gasteiger partial charge in [-0.25, -0.2) is 9.37 Å². The molecule has 1 aliphatic rings. The Morgan fingerprint density at radius 2 is 1.86 bits per heavy atom. The number of para-hydroxylation sites is 2. The maximum atomic E-state index is 13.2. The second-order valence-electron chi connectivity index (χ2n) is 7.45. The van der Waals surface area contributed by atoms with Gasteiger partial charge in [-0.05, 0) is 48.6 Å². The molecule has 1 amide bonds. The van der Waals surface area contributed by atoms with E-state index in [1.54, 1.807) is 12.1 Å². The van der Waals surface area contributed by atoms with Crippen molar-refractivity contribution in [3.8, 4) is 0 Å². The van der Waals surface area contributed by atoms with Crippen molar-refractivity contribution >= 4 is 28.7 Å². The van der Waals surface area contributed by atoms with E-state index in [1.165, 1.54) is 23.9 Å². The number of hydrogen-bond acceptors (Lipinski definition) is 3. The molecular formula is C22H24FN3OS. The molecule has 2 aromatic carbocycles. The van der Waals surface area contributed by atoms with Gasteiger partial charge in [0.2, 0.25) is 5.91 Å². The molecule has 1 aromatic heterocycles. The summed E-state index contributed by atoms with van der Waals surface area (Å²) in [5, 5.41) is 0.823. The van der Waals surface area contributed by atoms with Gasteiger partial charge in [-0.1, -0.05) is 43.0 Å². The highest BCUT2D eigenvalue weighted by atomic mass is 32.2. The molecule has 146 valence electrons. The predicted octanol–water partition coefficient (Wildman–Crippen LogP) is 4.57. The van der Waals surface area contributed by atoms with Gasteiger partial charge in [0.15, 0.2) is 5.16 Å². The minimum absolute atomic E-state index is 0.178. The quantitative estimate of drug-likeness (QED) is 0.592. The van der Waals surface area contributed by atoms with Crippen LogP contribution < -0.4 is 0 Å². The second kappa shape index (κ2) is 8.35. The fourth-order valence-corrected chi connectivity index (χ4v) is 4.48. The molecule has 4 nitrogen and oxygen atoms in total. The number of aromatic nitrogens is 2. The van der Waals surface area contributed by atoms with E-state index in [1.807, 2.05) is 29.2 Å². The first-order valence-corrected chi connectivity index (χ1v) is 10.7. The van der Waals surface area contributed by atoms with Gasteiger partial charge in [-0.3, -0.25) is 4.79 Å². The van der Waals surface area contributed by atoms with Gasteiger partial charge in [-0.2, -0.15) is 0 Å². The predicted molar refractivity (Wildman–Crippen MR) is 111 cm³/mol. The minimum Gasteiger partial charge on any atom is -0.342 e. The number of hydrogen-bond donors (Lipinski definition) is 0. The fourth-order valence-electron chi connectivity index (χ4n) is 3.56. The molecule has 6 heteroatoms. The molecule has 1 saturated heterocycles. The van der Waals surface area contributed by atoms with Crippen LogP contribution in [0.1, 0.15) is 25.3 Å². The lowest BCUT2D eigenvalue weighted by Gasteiger charge is -2.30. The van der Waals surface area contributed by atoms with Gasteiger partial charge in [0.25, 0.3) is 0 Å². The molecule has 1 aliphatic heterocycles. The SMILES string of the molecule is CC1CCN(C(=O)CSc2nc3ccccc3n2Cc2ccc(F)cc2)CC1. The molecule has 1 fully saturated rings. The van der Waals surface area contributed by atoms with Gasteiger partial charge < -0.3 is 9.47 Å². The summed E-state index contributed by atoms with van der Waals surface area (Å²) >= 11 is 1.48. The van der Waals surface area contributed by atoms with Crippen LogP contribution in [0.25, 0.3) is 11.0 Å². The van der Waals surface area contributed by atoms with Crippen LogP contribution in [-0.4, -0.2) is 39.2 Å². The largest absolute Gasteiger partial charge is 0.342 e. The third-order valence-electron chi connectivity index (χ3n) is 5.33. The molecular weight excluding hydrogens is 373 g/mol. The lowest BCUT2D eigenvalue weighted by molar-refractivity contribution is -0.129. The van der Waals surface area contributed by atoms with Crippen molar-refractivity contribution in [1.29, 1.82) is 0 Å². The van der Waals surface area contributed by atoms with Gasteiger partial charge in [0.05, 0.1) is 23.3 Å². The first-order chi connectivity index (χ1) is 13.6. The average Bonchev–Trinajstić information content (AvgIpc) is 3.06. The molecule has 28 heavy (non-hydrogen) atoms. The zero-order valence-electron chi connectivity index (χ0n) is 16.0. The second-order valence-corrected chi connectivity index (χ2v) is 8.39. The van der Waals surface area contributed by atoms with Crippen LogP contribution >= 0.6 is 11.8 Å². The first kappa shape index (κ1) is 19.0. The standard InChI is InChI=1S/C22H24FN3OS/c1-16-10-12-25(13-11-16)21(27)15-28-22-24-19-4-2-3-5-20(19)26(22)14-17-6-8-18(23)9-7-17/h2-9,16H,10-15H2,1H3. The zero-order valence-corrected chi connectivity index (χ0v) is 16.8. The Hall–Kier alpha value is -2.34. The summed E-state index contributed by atoms with van der Waals surface area (Å²) in [6.45, 7) is 4.55. The Labute approximate surface area is 168 Å². The molecule has 0 aliphatic carbocycles. The number of benzene rings is 2. The third-order valence-corrected chi connectivity index (χ3v) is 6.30. The Morgan fingerprint density at radius 1 is 1.14 bits per heavy atom. The summed E-state index contributed by atoms with van der Waals surface area (Å²) in [7, 11) is 0. The van der Waals surface area contributed by atoms with E-state index in [9.17, 15) is 9.18 Å². The molecule has 0 saturated carbocycles. The number of carbonyl (C=O) groups is 1. The number of imidazole rings is 1. The van der Waals surface area contributed by atoms with Crippen LogP contribution in [0.15, 0.2) is 53.7 Å². The highest BCUT2D eigenvalue weighted by Gasteiger charge is 2.21. The normalized spacial score (nSPS) is 15.3. The maximum absolute atomic E-state index is 13.2. The highest BCUT2D eigenvalue weighted by Crippen LogP contribution is 2.26. The number of fused-ring (bicyclic) bond motifs is 1. The van der Waals surface area contributed by atoms with Crippen LogP contribution in [0.5, 0.6) is 0 Å². The number of likely N-dealkylation sites (tertiary alicyclic amines) is 1. The monoisotopic (exact) mass is 397 g/mol. The topological polar surface area (TPSA) is 38.1 Å². The Morgan fingerprint density at radius 3 is 2.61 bits per heavy atom. The average molecular weight is 398 g/mol. The number of halogens is 1. The summed E-state index contributed by atoms with van der Waals surface area (Å²) in [6, 6.07) is 14.5. The number of nitrogens with zero attached hydrogens (tertiary/aromatic N) is 3. The summed E-state index contributed by atoms with van der Waals surface area (Å²) in [4.78, 5) is 19.3. The van der Waals surface area contributed by atoms with Gasteiger partial charge in [0, 0.05) is 13.1 Å². The molecule has 0 bridgehead atoms. The van der Waals surface area contributed by atoms with Crippen molar-refractivity contribution in [2.45, 2.75) is 31.5 Å². The van der Waals surface area contributed by atoms with E-state index >= 15 is 0 Å². The number of amides is 1. The molecule has 4 rings (SSSR count). The molecule has 0 spiro atoms. The van der Waals surface area contributed by atoms with Crippen LogP contribution in [0.3, 0.4) is 0 Å². The molecule has 0 atom stereocenters. The molecule has 0 N–H and O–H groups in total. The lowest BCUT2D eigenvalue weighted by Crippen LogP contribution is -2.38. The Kier molecular flexibility index (Phi) is 5.67. The van der Waals surface area contributed by atoms with Gasteiger partial charge in [-0.15, -0.1) is 0 Å². The summed E-state index contributed by atoms with van der Waals surface area (Å²) in [5.41, 5.74) is 2.93. The summed E-state index contributed by atoms with van der Waals surface area (Å²) in [6.07, 6.45) is 2.17. The lowest BCUT2D eigenvalue weighted by atomic mass is 9.99. The van der Waals surface area contributed by atoms with E-state index in [0.717, 1.165) is 47.7 Å². The number of piperidine rings is 1. The van der Waals surface area contributed by atoms with Crippen LogP contribution in [0.2, 0.25) is 0 Å². The number of carbonyl (C=O) groups excluding carboxylic acids is 1. The number of thioether (sulfide) groups is 1. The highest BCUT2D eigenvalue weighted by molar-refractivity contribution is 7.99. The van der Waals surface area contributed by atoms with E-state index in [2.05, 4.69) is 11.5 Å². The third kappa shape index (κ3) is 4.22. The zero-order chi connectivity index (χ0) is 19.5. The molecule has 0 unspecified atom stereocenters. The Balaban J connectivity index is 1.53. The Bertz CT molecular complexity index is 962. The van der Waals surface area contributed by atoms with Crippen LogP contribution in [-0.2, 0) is 11.3 Å². The smallest absolute Gasteiger partial charge is 0.233 e. The van der Waals surface area contributed by atoms with Crippen molar-refractivity contribution in [2.75, 3.05) is 18.8 Å². The van der Waals surface area contributed by atoms with Gasteiger partial charge in [0.1, 0.15) is 5.82 Å². The van der Waals surface area contributed by atoms with E-state index in [0.29, 0.717) is 18.2 Å². The van der Waals surface area contributed by atoms with Gasteiger partial charge >= 0.3 is 0 Å². The molecule has 0 radical (unpaired) electrons. The first-order valence-electron chi connectivity index (χ1n) is 9.70. The molecule has 3 aromatic rings. The number of rotatable bonds is 5. The van der Waals surface area contributed by atoms with Crippen LogP contribution in [0.4, 0.5) is 4.39 Å². The summed E-state index contributed by atoms with van der Waals surface area (Å²) < 4.78 is 15.4. The fraction of sp³-hybridized carbons (Fsp3) is 0.364. The minimum atomic E-state index is -0.240. The van der Waals surface area contributed by atoms with Crippen molar-refractivity contribution in [1.82, 2.24) is 14.5 Å². The van der Waals surface area contributed by atoms with Crippen molar-refractivity contribution in [3.63, 3.8) is 0 Å².